The Morgan fingerprint density at radius 2 is 1.11 bits per heavy atom. The first-order valence-corrected chi connectivity index (χ1v) is 14.8. The normalized spacial score (nSPS) is 12.7. The zero-order valence-corrected chi connectivity index (χ0v) is 24.5. The third-order valence-corrected chi connectivity index (χ3v) is 8.18. The van der Waals surface area contributed by atoms with Crippen LogP contribution in [-0.2, 0) is 0 Å². The van der Waals surface area contributed by atoms with Gasteiger partial charge in [0.25, 0.3) is 0 Å². The van der Waals surface area contributed by atoms with Crippen molar-refractivity contribution >= 4 is 55.0 Å². The van der Waals surface area contributed by atoms with Gasteiger partial charge in [-0.2, -0.15) is 0 Å². The first-order valence-electron chi connectivity index (χ1n) is 14.8. The summed E-state index contributed by atoms with van der Waals surface area (Å²) in [5.41, 5.74) is 13.7. The molecule has 0 saturated carbocycles. The fourth-order valence-corrected chi connectivity index (χ4v) is 6.12. The van der Waals surface area contributed by atoms with Gasteiger partial charge >= 0.3 is 0 Å². The second-order valence-electron chi connectivity index (χ2n) is 11.0. The Morgan fingerprint density at radius 1 is 0.511 bits per heavy atom. The molecule has 0 saturated heterocycles. The van der Waals surface area contributed by atoms with Crippen molar-refractivity contribution in [3.8, 4) is 22.3 Å². The van der Waals surface area contributed by atoms with E-state index in [-0.39, 0.29) is 11.4 Å². The molecule has 0 aliphatic heterocycles. The molecule has 214 valence electrons. The van der Waals surface area contributed by atoms with Crippen molar-refractivity contribution in [3.05, 3.63) is 164 Å². The van der Waals surface area contributed by atoms with Gasteiger partial charge in [-0.1, -0.05) is 115 Å². The Kier molecular flexibility index (Phi) is 7.30. The van der Waals surface area contributed by atoms with Crippen LogP contribution in [0.15, 0.2) is 158 Å². The van der Waals surface area contributed by atoms with Gasteiger partial charge in [-0.25, -0.2) is 0 Å². The lowest BCUT2D eigenvalue weighted by Gasteiger charge is -2.20. The molecule has 1 aromatic heterocycles. The van der Waals surface area contributed by atoms with E-state index >= 15 is 0 Å². The van der Waals surface area contributed by atoms with Crippen LogP contribution >= 0.6 is 0 Å². The Bertz CT molecular complexity index is 2250. The minimum Gasteiger partial charge on any atom is -0.399 e. The molecule has 4 nitrogen and oxygen atoms in total. The summed E-state index contributed by atoms with van der Waals surface area (Å²) in [6, 6.07) is 43.8. The SMILES string of the molecule is N=C1C=CC(c2c3ccccc3c(-c3cccc4ccccc34)c3ccccc23)=CC1=N.Nc1cccc(-c2cccnc2)c1. The fourth-order valence-electron chi connectivity index (χ4n) is 6.12. The maximum Gasteiger partial charge on any atom is 0.0795 e. The van der Waals surface area contributed by atoms with Gasteiger partial charge in [-0.15, -0.1) is 0 Å². The van der Waals surface area contributed by atoms with E-state index in [1.54, 1.807) is 12.3 Å². The van der Waals surface area contributed by atoms with E-state index < -0.39 is 0 Å². The number of nitrogens with zero attached hydrogens (tertiary/aromatic N) is 1. The molecule has 4 heteroatoms. The average molecular weight is 579 g/mol. The maximum atomic E-state index is 8.21. The third-order valence-electron chi connectivity index (χ3n) is 8.18. The molecular weight excluding hydrogens is 548 g/mol. The van der Waals surface area contributed by atoms with Crippen molar-refractivity contribution in [2.75, 3.05) is 5.73 Å². The second kappa shape index (κ2) is 11.9. The van der Waals surface area contributed by atoms with Gasteiger partial charge in [0.1, 0.15) is 0 Å². The van der Waals surface area contributed by atoms with Gasteiger partial charge in [0, 0.05) is 23.6 Å². The number of fused-ring (bicyclic) bond motifs is 3. The van der Waals surface area contributed by atoms with E-state index in [0.29, 0.717) is 0 Å². The highest BCUT2D eigenvalue weighted by atomic mass is 14.6. The molecule has 7 aromatic rings. The van der Waals surface area contributed by atoms with Gasteiger partial charge in [-0.05, 0) is 90.5 Å². The summed E-state index contributed by atoms with van der Waals surface area (Å²) >= 11 is 0. The van der Waals surface area contributed by atoms with Crippen molar-refractivity contribution in [1.29, 1.82) is 10.8 Å². The minimum atomic E-state index is 0.244. The van der Waals surface area contributed by atoms with Crippen molar-refractivity contribution in [2.24, 2.45) is 0 Å². The predicted molar refractivity (Wildman–Crippen MR) is 191 cm³/mol. The van der Waals surface area contributed by atoms with Crippen molar-refractivity contribution in [3.63, 3.8) is 0 Å². The summed E-state index contributed by atoms with van der Waals surface area (Å²) in [4.78, 5) is 4.05. The predicted octanol–water partition coefficient (Wildman–Crippen LogP) is 10.1. The standard InChI is InChI=1S/C30H20N2.C11H10N2/c31-27-17-16-20(18-28(27)32)29-23-11-3-5-13-25(23)30(26-14-6-4-12-24(26)29)22-15-7-9-19-8-1-2-10-21(19)22;12-11-5-1-3-9(7-11)10-4-2-6-13-8-10/h1-18,31-32H;1-8H,12H2. The van der Waals surface area contributed by atoms with E-state index in [2.05, 4.69) is 96.0 Å². The van der Waals surface area contributed by atoms with Crippen LogP contribution in [0.4, 0.5) is 5.69 Å². The number of nitrogens with one attached hydrogen (secondary N) is 2. The topological polar surface area (TPSA) is 86.6 Å². The fraction of sp³-hybridized carbons (Fsp3) is 0. The molecule has 0 fully saturated rings. The molecule has 0 atom stereocenters. The number of anilines is 1. The molecule has 8 rings (SSSR count). The number of hydrogen-bond acceptors (Lipinski definition) is 4. The number of nitrogen functional groups attached to an aromatic ring is 1. The molecule has 45 heavy (non-hydrogen) atoms. The van der Waals surface area contributed by atoms with Crippen LogP contribution in [-0.4, -0.2) is 16.4 Å². The summed E-state index contributed by atoms with van der Waals surface area (Å²) in [5.74, 6) is 0. The van der Waals surface area contributed by atoms with Crippen LogP contribution in [0.1, 0.15) is 5.56 Å². The Hall–Kier alpha value is -6.13. The van der Waals surface area contributed by atoms with Gasteiger partial charge in [0.2, 0.25) is 0 Å². The van der Waals surface area contributed by atoms with E-state index in [1.165, 1.54) is 32.7 Å². The molecule has 6 aromatic carbocycles. The van der Waals surface area contributed by atoms with Gasteiger partial charge in [0.15, 0.2) is 0 Å². The van der Waals surface area contributed by atoms with E-state index in [4.69, 9.17) is 16.6 Å². The van der Waals surface area contributed by atoms with Gasteiger partial charge in [0.05, 0.1) is 11.4 Å². The van der Waals surface area contributed by atoms with Crippen LogP contribution in [0, 0.1) is 10.8 Å². The number of pyridine rings is 1. The number of allylic oxidation sites excluding steroid dienone is 4. The molecule has 0 radical (unpaired) electrons. The number of aromatic nitrogens is 1. The second-order valence-corrected chi connectivity index (χ2v) is 11.0. The monoisotopic (exact) mass is 578 g/mol. The molecule has 0 spiro atoms. The van der Waals surface area contributed by atoms with E-state index in [9.17, 15) is 0 Å². The number of hydrogen-bond donors (Lipinski definition) is 3. The van der Waals surface area contributed by atoms with Crippen LogP contribution < -0.4 is 5.73 Å². The summed E-state index contributed by atoms with van der Waals surface area (Å²) in [6.07, 6.45) is 9.09. The van der Waals surface area contributed by atoms with Crippen LogP contribution in [0.5, 0.6) is 0 Å². The lowest BCUT2D eigenvalue weighted by Crippen LogP contribution is -2.10. The maximum absolute atomic E-state index is 8.21. The Labute approximate surface area is 261 Å². The molecule has 1 aliphatic rings. The van der Waals surface area contributed by atoms with Gasteiger partial charge < -0.3 is 5.73 Å². The quantitative estimate of drug-likeness (QED) is 0.111. The first-order chi connectivity index (χ1) is 22.1. The molecular formula is C41H30N4. The van der Waals surface area contributed by atoms with Crippen molar-refractivity contribution in [1.82, 2.24) is 4.98 Å². The summed E-state index contributed by atoms with van der Waals surface area (Å²) < 4.78 is 0. The smallest absolute Gasteiger partial charge is 0.0795 e. The van der Waals surface area contributed by atoms with Crippen LogP contribution in [0.25, 0.3) is 60.1 Å². The molecule has 0 unspecified atom stereocenters. The first kappa shape index (κ1) is 27.7. The van der Waals surface area contributed by atoms with Gasteiger partial charge in [-0.3, -0.25) is 15.8 Å². The lowest BCUT2D eigenvalue weighted by molar-refractivity contribution is 1.33. The highest BCUT2D eigenvalue weighted by molar-refractivity contribution is 6.50. The summed E-state index contributed by atoms with van der Waals surface area (Å²) in [5, 5.41) is 23.3. The van der Waals surface area contributed by atoms with E-state index in [1.807, 2.05) is 54.7 Å². The van der Waals surface area contributed by atoms with Crippen molar-refractivity contribution < 1.29 is 0 Å². The minimum absolute atomic E-state index is 0.244. The number of rotatable bonds is 3. The Morgan fingerprint density at radius 3 is 1.76 bits per heavy atom. The lowest BCUT2D eigenvalue weighted by atomic mass is 9.83. The summed E-state index contributed by atoms with van der Waals surface area (Å²) in [6.45, 7) is 0. The third kappa shape index (κ3) is 5.30. The molecule has 0 bridgehead atoms. The molecule has 4 N–H and O–H groups in total. The average Bonchev–Trinajstić information content (AvgIpc) is 3.09. The van der Waals surface area contributed by atoms with E-state index in [0.717, 1.165) is 38.7 Å². The van der Waals surface area contributed by atoms with Crippen molar-refractivity contribution in [2.45, 2.75) is 0 Å². The highest BCUT2D eigenvalue weighted by Crippen LogP contribution is 2.44. The molecule has 1 heterocycles. The molecule has 0 amide bonds. The number of nitrogens with two attached hydrogens (primary N) is 1. The zero-order valence-electron chi connectivity index (χ0n) is 24.5. The number of benzene rings is 6. The Balaban J connectivity index is 0.000000209. The molecule has 1 aliphatic carbocycles. The van der Waals surface area contributed by atoms with Crippen LogP contribution in [0.2, 0.25) is 0 Å². The summed E-state index contributed by atoms with van der Waals surface area (Å²) in [7, 11) is 0. The largest absolute Gasteiger partial charge is 0.399 e. The highest BCUT2D eigenvalue weighted by Gasteiger charge is 2.19. The zero-order chi connectivity index (χ0) is 30.8. The van der Waals surface area contributed by atoms with Crippen LogP contribution in [0.3, 0.4) is 0 Å².